The predicted octanol–water partition coefficient (Wildman–Crippen LogP) is 3.85. The number of nitrogens with one attached hydrogen (secondary N) is 1. The van der Waals surface area contributed by atoms with Crippen molar-refractivity contribution in [3.05, 3.63) is 59.5 Å². The van der Waals surface area contributed by atoms with E-state index >= 15 is 0 Å². The first kappa shape index (κ1) is 16.6. The van der Waals surface area contributed by atoms with Gasteiger partial charge in [-0.1, -0.05) is 25.3 Å². The van der Waals surface area contributed by atoms with Crippen LogP contribution in [0.2, 0.25) is 0 Å². The quantitative estimate of drug-likeness (QED) is 0.846. The minimum atomic E-state index is -0.0496. The van der Waals surface area contributed by atoms with Crippen molar-refractivity contribution in [1.29, 1.82) is 0 Å². The maximum Gasteiger partial charge on any atom is 0.100 e. The van der Waals surface area contributed by atoms with Gasteiger partial charge in [-0.15, -0.1) is 0 Å². The Labute approximate surface area is 121 Å². The molecule has 0 radical (unpaired) electrons. The van der Waals surface area contributed by atoms with Gasteiger partial charge in [0.2, 0.25) is 0 Å². The highest BCUT2D eigenvalue weighted by molar-refractivity contribution is 5.51. The molecule has 0 fully saturated rings. The third-order valence-electron chi connectivity index (χ3n) is 3.24. The molecule has 2 nitrogen and oxygen atoms in total. The Morgan fingerprint density at radius 1 is 1.30 bits per heavy atom. The summed E-state index contributed by atoms with van der Waals surface area (Å²) in [5, 5.41) is 2.75. The molecule has 0 bridgehead atoms. The first-order valence-electron chi connectivity index (χ1n) is 6.89. The molecule has 0 spiro atoms. The Balaban J connectivity index is 0.000000612. The molecule has 1 heterocycles. The second kappa shape index (κ2) is 8.67. The SMILES string of the molecule is C=CC1=C(C(=C)C2=CC=C(F)CC2)CCOC1.CNC. The van der Waals surface area contributed by atoms with Crippen LogP contribution >= 0.6 is 0 Å². The molecule has 0 saturated heterocycles. The number of hydrogen-bond acceptors (Lipinski definition) is 2. The fourth-order valence-corrected chi connectivity index (χ4v) is 2.19. The van der Waals surface area contributed by atoms with Crippen molar-refractivity contribution in [3.8, 4) is 0 Å². The van der Waals surface area contributed by atoms with Gasteiger partial charge in [-0.25, -0.2) is 4.39 Å². The smallest absolute Gasteiger partial charge is 0.100 e. The van der Waals surface area contributed by atoms with Gasteiger partial charge in [-0.05, 0) is 55.3 Å². The van der Waals surface area contributed by atoms with Gasteiger partial charge in [-0.3, -0.25) is 0 Å². The first-order valence-corrected chi connectivity index (χ1v) is 6.89. The molecule has 20 heavy (non-hydrogen) atoms. The van der Waals surface area contributed by atoms with E-state index in [0.29, 0.717) is 13.0 Å². The molecule has 0 aromatic heterocycles. The number of allylic oxidation sites excluding steroid dienone is 5. The summed E-state index contributed by atoms with van der Waals surface area (Å²) in [7, 11) is 3.75. The van der Waals surface area contributed by atoms with E-state index in [-0.39, 0.29) is 5.83 Å². The summed E-state index contributed by atoms with van der Waals surface area (Å²) in [6, 6.07) is 0. The van der Waals surface area contributed by atoms with Crippen molar-refractivity contribution < 1.29 is 9.13 Å². The standard InChI is InChI=1S/C15H17FO.C2H7N/c1-3-12-10-17-9-8-15(12)11(2)13-4-6-14(16)7-5-13;1-3-2/h3-4,6H,1-2,5,7-10H2;3H,1-2H3. The van der Waals surface area contributed by atoms with Gasteiger partial charge in [0.15, 0.2) is 0 Å². The lowest BCUT2D eigenvalue weighted by Crippen LogP contribution is -2.12. The number of ether oxygens (including phenoxy) is 1. The lowest BCUT2D eigenvalue weighted by Gasteiger charge is -2.23. The Hall–Kier alpha value is -1.45. The van der Waals surface area contributed by atoms with Crippen LogP contribution in [-0.2, 0) is 4.74 Å². The lowest BCUT2D eigenvalue weighted by molar-refractivity contribution is 0.150. The largest absolute Gasteiger partial charge is 0.376 e. The van der Waals surface area contributed by atoms with Gasteiger partial charge in [-0.2, -0.15) is 0 Å². The third-order valence-corrected chi connectivity index (χ3v) is 3.24. The van der Waals surface area contributed by atoms with E-state index in [2.05, 4.69) is 18.5 Å². The van der Waals surface area contributed by atoms with E-state index in [1.807, 2.05) is 26.2 Å². The van der Waals surface area contributed by atoms with E-state index in [4.69, 9.17) is 4.74 Å². The maximum absolute atomic E-state index is 12.9. The molecule has 1 N–H and O–H groups in total. The molecule has 0 unspecified atom stereocenters. The molecule has 110 valence electrons. The number of hydrogen-bond donors (Lipinski definition) is 1. The zero-order valence-corrected chi connectivity index (χ0v) is 12.5. The van der Waals surface area contributed by atoms with E-state index < -0.39 is 0 Å². The zero-order valence-electron chi connectivity index (χ0n) is 12.5. The number of rotatable bonds is 3. The van der Waals surface area contributed by atoms with Crippen LogP contribution in [-0.4, -0.2) is 27.3 Å². The van der Waals surface area contributed by atoms with Crippen molar-refractivity contribution in [2.45, 2.75) is 19.3 Å². The number of halogens is 1. The zero-order chi connectivity index (χ0) is 15.0. The Morgan fingerprint density at radius 3 is 2.55 bits per heavy atom. The molecule has 0 aromatic rings. The van der Waals surface area contributed by atoms with Gasteiger partial charge in [0.1, 0.15) is 5.83 Å². The van der Waals surface area contributed by atoms with Gasteiger partial charge >= 0.3 is 0 Å². The summed E-state index contributed by atoms with van der Waals surface area (Å²) in [6.45, 7) is 9.28. The topological polar surface area (TPSA) is 21.3 Å². The van der Waals surface area contributed by atoms with Crippen molar-refractivity contribution in [2.24, 2.45) is 0 Å². The summed E-state index contributed by atoms with van der Waals surface area (Å²) < 4.78 is 18.3. The van der Waals surface area contributed by atoms with Crippen LogP contribution in [0.1, 0.15) is 19.3 Å². The van der Waals surface area contributed by atoms with E-state index in [1.54, 1.807) is 0 Å². The highest BCUT2D eigenvalue weighted by atomic mass is 19.1. The molecule has 0 aromatic carbocycles. The molecule has 1 aliphatic carbocycles. The fraction of sp³-hybridized carbons (Fsp3) is 0.412. The predicted molar refractivity (Wildman–Crippen MR) is 83.3 cm³/mol. The van der Waals surface area contributed by atoms with E-state index in [1.165, 1.54) is 11.6 Å². The van der Waals surface area contributed by atoms with Crippen LogP contribution in [0.3, 0.4) is 0 Å². The van der Waals surface area contributed by atoms with Gasteiger partial charge in [0, 0.05) is 6.42 Å². The Bertz CT molecular complexity index is 458. The summed E-state index contributed by atoms with van der Waals surface area (Å²) in [6.07, 6.45) is 7.29. The molecule has 0 atom stereocenters. The van der Waals surface area contributed by atoms with E-state index in [9.17, 15) is 4.39 Å². The van der Waals surface area contributed by atoms with E-state index in [0.717, 1.165) is 36.2 Å². The van der Waals surface area contributed by atoms with Crippen LogP contribution < -0.4 is 5.32 Å². The van der Waals surface area contributed by atoms with Crippen LogP contribution in [0.25, 0.3) is 0 Å². The molecule has 3 heteroatoms. The van der Waals surface area contributed by atoms with Crippen molar-refractivity contribution in [3.63, 3.8) is 0 Å². The summed E-state index contributed by atoms with van der Waals surface area (Å²) in [4.78, 5) is 0. The lowest BCUT2D eigenvalue weighted by atomic mass is 9.88. The molecule has 2 rings (SSSR count). The summed E-state index contributed by atoms with van der Waals surface area (Å²) >= 11 is 0. The maximum atomic E-state index is 12.9. The van der Waals surface area contributed by atoms with Gasteiger partial charge in [0.05, 0.1) is 13.2 Å². The second-order valence-electron chi connectivity index (χ2n) is 4.79. The molecular formula is C17H24FNO. The highest BCUT2D eigenvalue weighted by Gasteiger charge is 2.17. The second-order valence-corrected chi connectivity index (χ2v) is 4.79. The minimum absolute atomic E-state index is 0.0496. The van der Waals surface area contributed by atoms with Crippen LogP contribution in [0.4, 0.5) is 4.39 Å². The monoisotopic (exact) mass is 277 g/mol. The summed E-state index contributed by atoms with van der Waals surface area (Å²) in [5.41, 5.74) is 4.47. The van der Waals surface area contributed by atoms with Gasteiger partial charge < -0.3 is 10.1 Å². The third kappa shape index (κ3) is 4.58. The molecular weight excluding hydrogens is 253 g/mol. The summed E-state index contributed by atoms with van der Waals surface area (Å²) in [5.74, 6) is -0.0496. The molecule has 0 amide bonds. The first-order chi connectivity index (χ1) is 9.63. The van der Waals surface area contributed by atoms with Crippen molar-refractivity contribution in [1.82, 2.24) is 5.32 Å². The van der Waals surface area contributed by atoms with Gasteiger partial charge in [0.25, 0.3) is 0 Å². The average molecular weight is 277 g/mol. The fourth-order valence-electron chi connectivity index (χ4n) is 2.19. The van der Waals surface area contributed by atoms with Crippen LogP contribution in [0, 0.1) is 0 Å². The van der Waals surface area contributed by atoms with Crippen molar-refractivity contribution >= 4 is 0 Å². The Morgan fingerprint density at radius 2 is 2.00 bits per heavy atom. The molecule has 2 aliphatic rings. The minimum Gasteiger partial charge on any atom is -0.376 e. The molecule has 1 aliphatic heterocycles. The Kier molecular flexibility index (Phi) is 7.20. The average Bonchev–Trinajstić information content (AvgIpc) is 2.48. The normalized spacial score (nSPS) is 18.6. The van der Waals surface area contributed by atoms with Crippen LogP contribution in [0.15, 0.2) is 59.5 Å². The molecule has 0 saturated carbocycles. The van der Waals surface area contributed by atoms with Crippen LogP contribution in [0.5, 0.6) is 0 Å². The van der Waals surface area contributed by atoms with Crippen molar-refractivity contribution in [2.75, 3.05) is 27.3 Å². The highest BCUT2D eigenvalue weighted by Crippen LogP contribution is 2.32.